The fraction of sp³-hybridized carbons (Fsp3) is 1.00. The molecule has 1 N–H and O–H groups in total. The molecule has 7 heteroatoms. The van der Waals surface area contributed by atoms with Gasteiger partial charge in [-0.3, -0.25) is 0 Å². The van der Waals surface area contributed by atoms with Gasteiger partial charge in [-0.2, -0.15) is 0 Å². The fourth-order valence-electron chi connectivity index (χ4n) is 1.52. The summed E-state index contributed by atoms with van der Waals surface area (Å²) in [5.74, 6) is 0.423. The highest BCUT2D eigenvalue weighted by Crippen LogP contribution is 2.14. The van der Waals surface area contributed by atoms with Gasteiger partial charge in [0.05, 0.1) is 18.5 Å². The molecule has 5 nitrogen and oxygen atoms in total. The summed E-state index contributed by atoms with van der Waals surface area (Å²) in [6, 6.07) is 0. The smallest absolute Gasteiger partial charge is 0.214 e. The number of hydrogen-bond acceptors (Lipinski definition) is 4. The zero-order chi connectivity index (χ0) is 11.9. The van der Waals surface area contributed by atoms with Gasteiger partial charge in [0.2, 0.25) is 10.0 Å². The van der Waals surface area contributed by atoms with Crippen molar-refractivity contribution in [1.29, 1.82) is 0 Å². The van der Waals surface area contributed by atoms with Crippen molar-refractivity contribution in [1.82, 2.24) is 4.72 Å². The van der Waals surface area contributed by atoms with E-state index in [0.29, 0.717) is 51.7 Å². The third-order valence-corrected chi connectivity index (χ3v) is 4.49. The molecule has 0 atom stereocenters. The summed E-state index contributed by atoms with van der Waals surface area (Å²) < 4.78 is 36.3. The van der Waals surface area contributed by atoms with E-state index in [4.69, 9.17) is 21.1 Å². The molecule has 1 aliphatic rings. The highest BCUT2D eigenvalue weighted by Gasteiger charge is 2.26. The molecule has 0 radical (unpaired) electrons. The monoisotopic (exact) mass is 271 g/mol. The quantitative estimate of drug-likeness (QED) is 0.536. The maximum Gasteiger partial charge on any atom is 0.214 e. The second kappa shape index (κ2) is 7.45. The Morgan fingerprint density at radius 3 is 2.62 bits per heavy atom. The van der Waals surface area contributed by atoms with E-state index in [2.05, 4.69) is 4.72 Å². The Hall–Kier alpha value is 0.120. The maximum absolute atomic E-state index is 11.8. The number of alkyl halides is 1. The molecule has 1 rings (SSSR count). The van der Waals surface area contributed by atoms with Crippen LogP contribution in [0.3, 0.4) is 0 Å². The average molecular weight is 272 g/mol. The van der Waals surface area contributed by atoms with Gasteiger partial charge < -0.3 is 9.47 Å². The van der Waals surface area contributed by atoms with Crippen LogP contribution in [0, 0.1) is 0 Å². The maximum atomic E-state index is 11.8. The zero-order valence-corrected chi connectivity index (χ0v) is 10.7. The Balaban J connectivity index is 2.22. The lowest BCUT2D eigenvalue weighted by molar-refractivity contribution is 0.0980. The summed E-state index contributed by atoms with van der Waals surface area (Å²) in [4.78, 5) is 0. The molecular weight excluding hydrogens is 254 g/mol. The van der Waals surface area contributed by atoms with Crippen molar-refractivity contribution in [3.63, 3.8) is 0 Å². The van der Waals surface area contributed by atoms with Crippen LogP contribution in [0.1, 0.15) is 12.8 Å². The molecule has 96 valence electrons. The molecule has 0 aromatic carbocycles. The molecule has 1 aliphatic heterocycles. The predicted molar refractivity (Wildman–Crippen MR) is 62.3 cm³/mol. The van der Waals surface area contributed by atoms with Gasteiger partial charge in [0, 0.05) is 25.6 Å². The van der Waals surface area contributed by atoms with Crippen molar-refractivity contribution in [2.24, 2.45) is 0 Å². The van der Waals surface area contributed by atoms with Gasteiger partial charge >= 0.3 is 0 Å². The Kier molecular flexibility index (Phi) is 6.60. The summed E-state index contributed by atoms with van der Waals surface area (Å²) in [5.41, 5.74) is 0. The van der Waals surface area contributed by atoms with E-state index in [1.807, 2.05) is 0 Å². The van der Waals surface area contributed by atoms with E-state index in [9.17, 15) is 8.42 Å². The number of halogens is 1. The van der Waals surface area contributed by atoms with Gasteiger partial charge in [-0.05, 0) is 12.8 Å². The number of sulfonamides is 1. The SMILES string of the molecule is O=S(=O)(NCCOCCCl)C1CCOCC1. The molecule has 0 unspecified atom stereocenters. The van der Waals surface area contributed by atoms with Crippen LogP contribution in [0.5, 0.6) is 0 Å². The second-order valence-corrected chi connectivity index (χ2v) is 5.98. The normalized spacial score (nSPS) is 18.8. The van der Waals surface area contributed by atoms with Gasteiger partial charge in [0.15, 0.2) is 0 Å². The minimum Gasteiger partial charge on any atom is -0.381 e. The van der Waals surface area contributed by atoms with Crippen LogP contribution in [0.2, 0.25) is 0 Å². The van der Waals surface area contributed by atoms with E-state index in [0.717, 1.165) is 0 Å². The first-order valence-electron chi connectivity index (χ1n) is 5.37. The first-order valence-corrected chi connectivity index (χ1v) is 7.45. The molecule has 1 saturated heterocycles. The fourth-order valence-corrected chi connectivity index (χ4v) is 3.04. The topological polar surface area (TPSA) is 64.6 Å². The van der Waals surface area contributed by atoms with E-state index in [1.165, 1.54) is 0 Å². The van der Waals surface area contributed by atoms with Gasteiger partial charge in [0.1, 0.15) is 0 Å². The van der Waals surface area contributed by atoms with Crippen LogP contribution < -0.4 is 4.72 Å². The largest absolute Gasteiger partial charge is 0.381 e. The molecule has 0 spiro atoms. The molecule has 0 saturated carbocycles. The molecule has 1 heterocycles. The summed E-state index contributed by atoms with van der Waals surface area (Å²) in [6.45, 7) is 2.15. The average Bonchev–Trinajstić information content (AvgIpc) is 2.30. The van der Waals surface area contributed by atoms with Crippen molar-refractivity contribution in [2.45, 2.75) is 18.1 Å². The molecular formula is C9H18ClNO4S. The molecule has 16 heavy (non-hydrogen) atoms. The van der Waals surface area contributed by atoms with Crippen molar-refractivity contribution in [2.75, 3.05) is 38.9 Å². The van der Waals surface area contributed by atoms with Gasteiger partial charge in [-0.25, -0.2) is 13.1 Å². The lowest BCUT2D eigenvalue weighted by atomic mass is 10.2. The second-order valence-electron chi connectivity index (χ2n) is 3.55. The minimum atomic E-state index is -3.21. The summed E-state index contributed by atoms with van der Waals surface area (Å²) in [5, 5.41) is -0.325. The van der Waals surface area contributed by atoms with Crippen LogP contribution in [-0.2, 0) is 19.5 Å². The Labute approximate surface area is 101 Å². The van der Waals surface area contributed by atoms with E-state index in [1.54, 1.807) is 0 Å². The number of nitrogens with one attached hydrogen (secondary N) is 1. The third kappa shape index (κ3) is 4.97. The predicted octanol–water partition coefficient (Wildman–Crippen LogP) is 0.340. The highest BCUT2D eigenvalue weighted by atomic mass is 35.5. The van der Waals surface area contributed by atoms with Crippen LogP contribution in [0.15, 0.2) is 0 Å². The lowest BCUT2D eigenvalue weighted by Gasteiger charge is -2.22. The van der Waals surface area contributed by atoms with E-state index >= 15 is 0 Å². The Bertz CT molecular complexity index is 277. The highest BCUT2D eigenvalue weighted by molar-refractivity contribution is 7.90. The van der Waals surface area contributed by atoms with Crippen molar-refractivity contribution < 1.29 is 17.9 Å². The summed E-state index contributed by atoms with van der Waals surface area (Å²) >= 11 is 5.41. The van der Waals surface area contributed by atoms with E-state index < -0.39 is 10.0 Å². The van der Waals surface area contributed by atoms with Crippen LogP contribution in [-0.4, -0.2) is 52.5 Å². The van der Waals surface area contributed by atoms with E-state index in [-0.39, 0.29) is 5.25 Å². The Morgan fingerprint density at radius 2 is 2.00 bits per heavy atom. The van der Waals surface area contributed by atoms with Crippen molar-refractivity contribution in [3.8, 4) is 0 Å². The van der Waals surface area contributed by atoms with Gasteiger partial charge in [-0.15, -0.1) is 11.6 Å². The van der Waals surface area contributed by atoms with Crippen molar-refractivity contribution >= 4 is 21.6 Å². The zero-order valence-electron chi connectivity index (χ0n) is 9.15. The molecule has 0 bridgehead atoms. The third-order valence-electron chi connectivity index (χ3n) is 2.38. The van der Waals surface area contributed by atoms with Crippen LogP contribution >= 0.6 is 11.6 Å². The van der Waals surface area contributed by atoms with Gasteiger partial charge in [0.25, 0.3) is 0 Å². The van der Waals surface area contributed by atoms with Crippen LogP contribution in [0.4, 0.5) is 0 Å². The van der Waals surface area contributed by atoms with Crippen molar-refractivity contribution in [3.05, 3.63) is 0 Å². The first-order chi connectivity index (χ1) is 7.67. The van der Waals surface area contributed by atoms with Crippen LogP contribution in [0.25, 0.3) is 0 Å². The first kappa shape index (κ1) is 14.2. The molecule has 1 fully saturated rings. The Morgan fingerprint density at radius 1 is 1.31 bits per heavy atom. The number of rotatable bonds is 7. The van der Waals surface area contributed by atoms with Gasteiger partial charge in [-0.1, -0.05) is 0 Å². The molecule has 0 aliphatic carbocycles. The standard InChI is InChI=1S/C9H18ClNO4S/c10-3-7-15-8-4-11-16(12,13)9-1-5-14-6-2-9/h9,11H,1-8H2. The summed E-state index contributed by atoms with van der Waals surface area (Å²) in [6.07, 6.45) is 1.13. The summed E-state index contributed by atoms with van der Waals surface area (Å²) in [7, 11) is -3.21. The number of ether oxygens (including phenoxy) is 2. The lowest BCUT2D eigenvalue weighted by Crippen LogP contribution is -2.39. The molecule has 0 aromatic rings. The molecule has 0 amide bonds. The molecule has 0 aromatic heterocycles. The minimum absolute atomic E-state index is 0.302. The number of hydrogen-bond donors (Lipinski definition) is 1.